The number of halogens is 2. The fourth-order valence-electron chi connectivity index (χ4n) is 9.28. The smallest absolute Gasteiger partial charge is 0.0330 e. The maximum atomic E-state index is 4.23. The lowest BCUT2D eigenvalue weighted by Crippen LogP contribution is -2.58. The van der Waals surface area contributed by atoms with Crippen LogP contribution in [0.4, 0.5) is 0 Å². The molecule has 0 spiro atoms. The summed E-state index contributed by atoms with van der Waals surface area (Å²) in [5.41, 5.74) is 1.14. The number of fused-ring (bicyclic) bond motifs is 5. The van der Waals surface area contributed by atoms with Gasteiger partial charge in [0.05, 0.1) is 0 Å². The van der Waals surface area contributed by atoms with Crippen LogP contribution in [0.1, 0.15) is 105 Å². The van der Waals surface area contributed by atoms with Gasteiger partial charge in [-0.25, -0.2) is 0 Å². The summed E-state index contributed by atoms with van der Waals surface area (Å²) in [6.07, 6.45) is 16.2. The fraction of sp³-hybridized carbons (Fsp3) is 1.00. The molecule has 4 saturated carbocycles. The highest BCUT2D eigenvalue weighted by atomic mass is 79.9. The van der Waals surface area contributed by atoms with Crippen LogP contribution in [0.3, 0.4) is 0 Å². The predicted molar refractivity (Wildman–Crippen MR) is 134 cm³/mol. The monoisotopic (exact) mass is 528 g/mol. The Balaban J connectivity index is 1.50. The third-order valence-corrected chi connectivity index (χ3v) is 14.2. The molecular weight excluding hydrogens is 484 g/mol. The Morgan fingerprint density at radius 1 is 0.828 bits per heavy atom. The fourth-order valence-corrected chi connectivity index (χ4v) is 11.1. The summed E-state index contributed by atoms with van der Waals surface area (Å²) in [7, 11) is 0. The van der Waals surface area contributed by atoms with Crippen molar-refractivity contribution in [1.29, 1.82) is 0 Å². The van der Waals surface area contributed by atoms with Gasteiger partial charge in [-0.15, -0.1) is 0 Å². The molecule has 4 aliphatic rings. The van der Waals surface area contributed by atoms with Gasteiger partial charge in [0.15, 0.2) is 0 Å². The topological polar surface area (TPSA) is 0 Å². The Morgan fingerprint density at radius 3 is 2.28 bits per heavy atom. The maximum absolute atomic E-state index is 4.23. The van der Waals surface area contributed by atoms with E-state index in [-0.39, 0.29) is 0 Å². The Morgan fingerprint density at radius 2 is 1.55 bits per heavy atom. The van der Waals surface area contributed by atoms with E-state index < -0.39 is 0 Å². The third-order valence-electron chi connectivity index (χ3n) is 10.9. The summed E-state index contributed by atoms with van der Waals surface area (Å²) in [5.74, 6) is 6.70. The molecule has 4 rings (SSSR count). The average Bonchev–Trinajstić information content (AvgIpc) is 3.02. The molecule has 10 atom stereocenters. The Labute approximate surface area is 198 Å². The van der Waals surface area contributed by atoms with Crippen molar-refractivity contribution in [3.8, 4) is 0 Å². The van der Waals surface area contributed by atoms with Crippen molar-refractivity contribution in [3.05, 3.63) is 0 Å². The zero-order chi connectivity index (χ0) is 21.0. The number of alkyl halides is 2. The normalized spacial score (nSPS) is 50.7. The van der Waals surface area contributed by atoms with E-state index in [1.165, 1.54) is 70.6 Å². The van der Waals surface area contributed by atoms with Gasteiger partial charge < -0.3 is 0 Å². The summed E-state index contributed by atoms with van der Waals surface area (Å²) in [6.45, 7) is 12.8. The van der Waals surface area contributed by atoms with E-state index in [0.717, 1.165) is 41.4 Å². The van der Waals surface area contributed by atoms with E-state index in [9.17, 15) is 0 Å². The maximum Gasteiger partial charge on any atom is 0.0330 e. The first-order valence-corrected chi connectivity index (χ1v) is 14.8. The molecule has 0 bridgehead atoms. The van der Waals surface area contributed by atoms with Crippen molar-refractivity contribution in [2.75, 3.05) is 0 Å². The molecule has 0 radical (unpaired) electrons. The van der Waals surface area contributed by atoms with Crippen LogP contribution in [0.2, 0.25) is 0 Å². The Bertz CT molecular complexity index is 569. The van der Waals surface area contributed by atoms with E-state index in [0.29, 0.717) is 20.5 Å². The van der Waals surface area contributed by atoms with E-state index in [1.54, 1.807) is 0 Å². The quantitative estimate of drug-likeness (QED) is 0.311. The summed E-state index contributed by atoms with van der Waals surface area (Å²) < 4.78 is 0. The molecule has 0 nitrogen and oxygen atoms in total. The van der Waals surface area contributed by atoms with E-state index in [2.05, 4.69) is 66.5 Å². The molecule has 0 aromatic carbocycles. The van der Waals surface area contributed by atoms with E-state index in [4.69, 9.17) is 0 Å². The lowest BCUT2D eigenvalue weighted by atomic mass is 9.44. The number of hydrogen-bond donors (Lipinski definition) is 0. The Hall–Kier alpha value is 0.960. The van der Waals surface area contributed by atoms with Crippen LogP contribution >= 0.6 is 31.9 Å². The van der Waals surface area contributed by atoms with Gasteiger partial charge in [-0.2, -0.15) is 0 Å². The second-order valence-corrected chi connectivity index (χ2v) is 14.7. The largest absolute Gasteiger partial charge is 0.0878 e. The molecule has 0 aromatic rings. The molecule has 0 aromatic heterocycles. The molecule has 7 unspecified atom stereocenters. The van der Waals surface area contributed by atoms with E-state index >= 15 is 0 Å². The second kappa shape index (κ2) is 8.72. The Kier molecular flexibility index (Phi) is 6.95. The molecule has 0 saturated heterocycles. The van der Waals surface area contributed by atoms with Gasteiger partial charge in [0, 0.05) is 9.65 Å². The highest BCUT2D eigenvalue weighted by molar-refractivity contribution is 9.12. The van der Waals surface area contributed by atoms with Crippen molar-refractivity contribution in [3.63, 3.8) is 0 Å². The van der Waals surface area contributed by atoms with Crippen LogP contribution < -0.4 is 0 Å². The molecule has 0 heterocycles. The van der Waals surface area contributed by atoms with Crippen molar-refractivity contribution in [1.82, 2.24) is 0 Å². The van der Waals surface area contributed by atoms with Gasteiger partial charge in [0.2, 0.25) is 0 Å². The van der Waals surface area contributed by atoms with Crippen LogP contribution in [0.15, 0.2) is 0 Å². The molecule has 4 fully saturated rings. The molecule has 0 N–H and O–H groups in total. The molecule has 29 heavy (non-hydrogen) atoms. The molecule has 0 amide bonds. The van der Waals surface area contributed by atoms with Crippen molar-refractivity contribution >= 4 is 31.9 Å². The van der Waals surface area contributed by atoms with E-state index in [1.807, 2.05) is 0 Å². The van der Waals surface area contributed by atoms with Crippen molar-refractivity contribution in [2.24, 2.45) is 52.3 Å². The summed E-state index contributed by atoms with van der Waals surface area (Å²) in [4.78, 5) is 1.34. The van der Waals surface area contributed by atoms with Crippen LogP contribution in [0.25, 0.3) is 0 Å². The first-order chi connectivity index (χ1) is 13.7. The minimum absolute atomic E-state index is 0.512. The summed E-state index contributed by atoms with van der Waals surface area (Å²) >= 11 is 8.28. The lowest BCUT2D eigenvalue weighted by Gasteiger charge is -2.63. The van der Waals surface area contributed by atoms with Gasteiger partial charge >= 0.3 is 0 Å². The first-order valence-electron chi connectivity index (χ1n) is 13.0. The van der Waals surface area contributed by atoms with Crippen molar-refractivity contribution < 1.29 is 0 Å². The zero-order valence-electron chi connectivity index (χ0n) is 19.7. The van der Waals surface area contributed by atoms with Crippen LogP contribution in [-0.4, -0.2) is 9.65 Å². The summed E-state index contributed by atoms with van der Waals surface area (Å²) in [6, 6.07) is 0. The highest BCUT2D eigenvalue weighted by Gasteiger charge is 2.62. The number of hydrogen-bond acceptors (Lipinski definition) is 0. The van der Waals surface area contributed by atoms with Crippen LogP contribution in [0.5, 0.6) is 0 Å². The van der Waals surface area contributed by atoms with Crippen LogP contribution in [-0.2, 0) is 0 Å². The van der Waals surface area contributed by atoms with Gasteiger partial charge in [-0.3, -0.25) is 0 Å². The molecule has 2 heteroatoms. The molecule has 0 aliphatic heterocycles. The zero-order valence-corrected chi connectivity index (χ0v) is 22.9. The van der Waals surface area contributed by atoms with Gasteiger partial charge in [0.25, 0.3) is 0 Å². The third kappa shape index (κ3) is 3.85. The molecular formula is C27H46Br2. The summed E-state index contributed by atoms with van der Waals surface area (Å²) in [5, 5.41) is 0. The average molecular weight is 530 g/mol. The van der Waals surface area contributed by atoms with Gasteiger partial charge in [-0.1, -0.05) is 85.7 Å². The minimum Gasteiger partial charge on any atom is -0.0878 e. The van der Waals surface area contributed by atoms with Crippen molar-refractivity contribution in [2.45, 2.75) is 115 Å². The first kappa shape index (κ1) is 23.1. The molecule has 4 aliphatic carbocycles. The number of rotatable bonds is 5. The molecule has 168 valence electrons. The predicted octanol–water partition coefficient (Wildman–Crippen LogP) is 9.24. The lowest BCUT2D eigenvalue weighted by molar-refractivity contribution is -0.109. The second-order valence-electron chi connectivity index (χ2n) is 12.5. The standard InChI is InChI=1S/C27H46Br2/c1-17(2)7-6-8-18(3)21-12-13-22-20-11-9-19-10-14-24(28)25(29)27(19,5)23(20)15-16-26(21,22)4/h17-25H,6-16H2,1-5H3/t18-,19+,20?,21?,22?,23?,24?,25+,26?,27?/m1/s1. The van der Waals surface area contributed by atoms with Gasteiger partial charge in [0.1, 0.15) is 0 Å². The SMILES string of the molecule is CC(C)CCC[C@@H](C)C1CCC2C3CC[C@H]4CCC(Br)[C@H](Br)C4(C)C3CCC21C. The van der Waals surface area contributed by atoms with Crippen LogP contribution in [0, 0.1) is 52.3 Å². The minimum atomic E-state index is 0.512. The van der Waals surface area contributed by atoms with Gasteiger partial charge in [-0.05, 0) is 104 Å². The highest BCUT2D eigenvalue weighted by Crippen LogP contribution is 2.69.